The minimum absolute atomic E-state index is 0.256. The number of aryl methyl sites for hydroxylation is 1. The van der Waals surface area contributed by atoms with Crippen molar-refractivity contribution in [3.63, 3.8) is 0 Å². The molecule has 1 unspecified atom stereocenters. The Kier molecular flexibility index (Phi) is 3.93. The van der Waals surface area contributed by atoms with Gasteiger partial charge in [-0.05, 0) is 47.7 Å². The molecule has 0 bridgehead atoms. The fourth-order valence-electron chi connectivity index (χ4n) is 1.31. The van der Waals surface area contributed by atoms with Crippen LogP contribution in [0.2, 0.25) is 0 Å². The van der Waals surface area contributed by atoms with Gasteiger partial charge in [0.2, 0.25) is 0 Å². The van der Waals surface area contributed by atoms with Crippen molar-refractivity contribution in [2.24, 2.45) is 0 Å². The van der Waals surface area contributed by atoms with E-state index in [4.69, 9.17) is 0 Å². The monoisotopic (exact) mass is 287 g/mol. The summed E-state index contributed by atoms with van der Waals surface area (Å²) in [6, 6.07) is 6.60. The van der Waals surface area contributed by atoms with Crippen LogP contribution < -0.4 is 5.32 Å². The molecule has 1 N–H and O–H groups in total. The van der Waals surface area contributed by atoms with Crippen LogP contribution in [0.5, 0.6) is 0 Å². The van der Waals surface area contributed by atoms with Crippen LogP contribution in [0.15, 0.2) is 30.9 Å². The molecule has 0 aromatic heterocycles. The fraction of sp³-hybridized carbons (Fsp3) is 0.273. The smallest absolute Gasteiger partial charge is 0.0511 e. The van der Waals surface area contributed by atoms with Crippen molar-refractivity contribution in [3.8, 4) is 0 Å². The Balaban J connectivity index is 3.13. The van der Waals surface area contributed by atoms with Gasteiger partial charge in [0.15, 0.2) is 0 Å². The van der Waals surface area contributed by atoms with Crippen LogP contribution in [-0.2, 0) is 0 Å². The summed E-state index contributed by atoms with van der Waals surface area (Å²) in [5.74, 6) is 0. The second-order valence-corrected chi connectivity index (χ2v) is 4.06. The van der Waals surface area contributed by atoms with Gasteiger partial charge in [-0.1, -0.05) is 24.3 Å². The molecule has 1 aromatic carbocycles. The van der Waals surface area contributed by atoms with Crippen LogP contribution >= 0.6 is 22.6 Å². The van der Waals surface area contributed by atoms with E-state index in [1.54, 1.807) is 0 Å². The zero-order chi connectivity index (χ0) is 9.84. The molecule has 1 nitrogen and oxygen atoms in total. The largest absolute Gasteiger partial charge is 0.310 e. The third-order valence-electron chi connectivity index (χ3n) is 2.10. The van der Waals surface area contributed by atoms with Gasteiger partial charge in [-0.2, -0.15) is 0 Å². The average molecular weight is 287 g/mol. The topological polar surface area (TPSA) is 12.0 Å². The molecule has 0 heterocycles. The maximum atomic E-state index is 3.81. The molecule has 0 saturated heterocycles. The quantitative estimate of drug-likeness (QED) is 0.665. The van der Waals surface area contributed by atoms with Gasteiger partial charge >= 0.3 is 0 Å². The van der Waals surface area contributed by atoms with Gasteiger partial charge in [-0.25, -0.2) is 0 Å². The van der Waals surface area contributed by atoms with E-state index in [2.05, 4.69) is 59.6 Å². The second-order valence-electron chi connectivity index (χ2n) is 2.98. The van der Waals surface area contributed by atoms with Crippen molar-refractivity contribution in [1.29, 1.82) is 0 Å². The number of hydrogen-bond donors (Lipinski definition) is 1. The molecule has 70 valence electrons. The zero-order valence-corrected chi connectivity index (χ0v) is 10.1. The molecular formula is C11H14IN. The highest BCUT2D eigenvalue weighted by atomic mass is 127. The molecule has 1 aromatic rings. The first-order valence-corrected chi connectivity index (χ1v) is 5.33. The molecule has 0 fully saturated rings. The number of nitrogens with one attached hydrogen (secondary N) is 1. The van der Waals surface area contributed by atoms with E-state index >= 15 is 0 Å². The lowest BCUT2D eigenvalue weighted by Crippen LogP contribution is -2.15. The van der Waals surface area contributed by atoms with E-state index in [0.29, 0.717) is 0 Å². The maximum Gasteiger partial charge on any atom is 0.0511 e. The Bertz CT molecular complexity index is 307. The molecule has 0 aliphatic rings. The van der Waals surface area contributed by atoms with Crippen LogP contribution in [-0.4, -0.2) is 7.05 Å². The summed E-state index contributed by atoms with van der Waals surface area (Å²) in [6.45, 7) is 5.94. The summed E-state index contributed by atoms with van der Waals surface area (Å²) in [5.41, 5.74) is 2.62. The first-order chi connectivity index (χ1) is 6.20. The molecule has 2 heteroatoms. The fourth-order valence-corrected chi connectivity index (χ4v) is 2.01. The SMILES string of the molecule is C=CC(NC)c1cccc(C)c1I. The summed E-state index contributed by atoms with van der Waals surface area (Å²) < 4.78 is 1.32. The van der Waals surface area contributed by atoms with Crippen molar-refractivity contribution in [3.05, 3.63) is 45.6 Å². The van der Waals surface area contributed by atoms with E-state index < -0.39 is 0 Å². The van der Waals surface area contributed by atoms with Gasteiger partial charge < -0.3 is 5.32 Å². The van der Waals surface area contributed by atoms with Gasteiger partial charge in [0, 0.05) is 3.57 Å². The average Bonchev–Trinajstić information content (AvgIpc) is 2.14. The highest BCUT2D eigenvalue weighted by Crippen LogP contribution is 2.23. The zero-order valence-electron chi connectivity index (χ0n) is 7.97. The predicted molar refractivity (Wildman–Crippen MR) is 65.9 cm³/mol. The van der Waals surface area contributed by atoms with Crippen molar-refractivity contribution >= 4 is 22.6 Å². The minimum Gasteiger partial charge on any atom is -0.310 e. The molecule has 1 atom stereocenters. The Morgan fingerprint density at radius 2 is 2.23 bits per heavy atom. The van der Waals surface area contributed by atoms with Crippen molar-refractivity contribution in [1.82, 2.24) is 5.32 Å². The molecule has 0 amide bonds. The number of benzene rings is 1. The molecular weight excluding hydrogens is 273 g/mol. The van der Waals surface area contributed by atoms with E-state index in [-0.39, 0.29) is 6.04 Å². The Labute approximate surface area is 93.4 Å². The van der Waals surface area contributed by atoms with Crippen LogP contribution in [0.1, 0.15) is 17.2 Å². The lowest BCUT2D eigenvalue weighted by molar-refractivity contribution is 0.712. The molecule has 0 aliphatic carbocycles. The normalized spacial score (nSPS) is 12.5. The molecule has 0 saturated carbocycles. The third kappa shape index (κ3) is 2.31. The van der Waals surface area contributed by atoms with E-state index in [0.717, 1.165) is 0 Å². The number of rotatable bonds is 3. The standard InChI is InChI=1S/C11H14IN/c1-4-10(13-3)9-7-5-6-8(2)11(9)12/h4-7,10,13H,1H2,2-3H3. The van der Waals surface area contributed by atoms with Gasteiger partial charge in [0.1, 0.15) is 0 Å². The summed E-state index contributed by atoms with van der Waals surface area (Å²) >= 11 is 2.38. The van der Waals surface area contributed by atoms with E-state index in [9.17, 15) is 0 Å². The van der Waals surface area contributed by atoms with Gasteiger partial charge in [0.05, 0.1) is 6.04 Å². The second kappa shape index (κ2) is 4.77. The predicted octanol–water partition coefficient (Wildman–Crippen LogP) is 3.05. The van der Waals surface area contributed by atoms with E-state index in [1.807, 2.05) is 13.1 Å². The first-order valence-electron chi connectivity index (χ1n) is 4.25. The van der Waals surface area contributed by atoms with Gasteiger partial charge in [-0.3, -0.25) is 0 Å². The highest BCUT2D eigenvalue weighted by molar-refractivity contribution is 14.1. The molecule has 0 radical (unpaired) electrons. The van der Waals surface area contributed by atoms with Crippen LogP contribution in [0, 0.1) is 10.5 Å². The van der Waals surface area contributed by atoms with E-state index in [1.165, 1.54) is 14.7 Å². The van der Waals surface area contributed by atoms with Crippen LogP contribution in [0.25, 0.3) is 0 Å². The minimum atomic E-state index is 0.256. The first kappa shape index (κ1) is 10.7. The molecule has 13 heavy (non-hydrogen) atoms. The highest BCUT2D eigenvalue weighted by Gasteiger charge is 2.09. The molecule has 0 aliphatic heterocycles. The van der Waals surface area contributed by atoms with Crippen molar-refractivity contribution < 1.29 is 0 Å². The number of halogens is 1. The van der Waals surface area contributed by atoms with Gasteiger partial charge in [0.25, 0.3) is 0 Å². The number of likely N-dealkylation sites (N-methyl/N-ethyl adjacent to an activating group) is 1. The maximum absolute atomic E-state index is 3.81. The number of hydrogen-bond acceptors (Lipinski definition) is 1. The summed E-state index contributed by atoms with van der Waals surface area (Å²) in [5, 5.41) is 3.21. The van der Waals surface area contributed by atoms with Crippen molar-refractivity contribution in [2.45, 2.75) is 13.0 Å². The molecule has 1 rings (SSSR count). The summed E-state index contributed by atoms with van der Waals surface area (Å²) in [6.07, 6.45) is 1.93. The summed E-state index contributed by atoms with van der Waals surface area (Å²) in [7, 11) is 1.95. The Hall–Kier alpha value is -0.350. The lowest BCUT2D eigenvalue weighted by atomic mass is 10.0. The van der Waals surface area contributed by atoms with Crippen LogP contribution in [0.3, 0.4) is 0 Å². The van der Waals surface area contributed by atoms with Gasteiger partial charge in [-0.15, -0.1) is 6.58 Å². The third-order valence-corrected chi connectivity index (χ3v) is 3.58. The summed E-state index contributed by atoms with van der Waals surface area (Å²) in [4.78, 5) is 0. The van der Waals surface area contributed by atoms with Crippen molar-refractivity contribution in [2.75, 3.05) is 7.05 Å². The molecule has 0 spiro atoms. The Morgan fingerprint density at radius 1 is 1.54 bits per heavy atom. The van der Waals surface area contributed by atoms with Crippen LogP contribution in [0.4, 0.5) is 0 Å². The lowest BCUT2D eigenvalue weighted by Gasteiger charge is -2.14. The Morgan fingerprint density at radius 3 is 2.77 bits per heavy atom.